The van der Waals surface area contributed by atoms with Crippen molar-refractivity contribution >= 4 is 106 Å². The minimum absolute atomic E-state index is 0.757. The molecule has 3 nitrogen and oxygen atoms in total. The number of nitrogens with zero attached hydrogens (tertiary/aromatic N) is 3. The number of benzene rings is 8. The Hall–Kier alpha value is -6.40. The zero-order chi connectivity index (χ0) is 34.6. The van der Waals surface area contributed by atoms with Crippen LogP contribution in [0.15, 0.2) is 164 Å². The van der Waals surface area contributed by atoms with Crippen LogP contribution in [0.2, 0.25) is 0 Å². The number of aromatic nitrogens is 3. The third kappa shape index (κ3) is 4.20. The second-order valence-electron chi connectivity index (χ2n) is 13.7. The Kier molecular flexibility index (Phi) is 6.09. The van der Waals surface area contributed by atoms with E-state index in [2.05, 4.69) is 168 Å². The summed E-state index contributed by atoms with van der Waals surface area (Å²) in [6.07, 6.45) is 0. The zero-order valence-corrected chi connectivity index (χ0v) is 29.9. The van der Waals surface area contributed by atoms with Gasteiger partial charge in [-0.15, -0.1) is 22.7 Å². The van der Waals surface area contributed by atoms with E-state index in [-0.39, 0.29) is 0 Å². The molecule has 0 aliphatic carbocycles. The topological polar surface area (TPSA) is 30.7 Å². The first-order valence-electron chi connectivity index (χ1n) is 17.8. The number of hydrogen-bond acceptors (Lipinski definition) is 4. The first-order chi connectivity index (χ1) is 26.3. The maximum atomic E-state index is 5.42. The normalized spacial score (nSPS) is 12.2. The van der Waals surface area contributed by atoms with Gasteiger partial charge in [0.2, 0.25) is 0 Å². The fourth-order valence-corrected chi connectivity index (χ4v) is 10.8. The molecule has 0 N–H and O–H groups in total. The van der Waals surface area contributed by atoms with E-state index in [1.54, 1.807) is 11.3 Å². The molecule has 0 saturated heterocycles. The van der Waals surface area contributed by atoms with Crippen LogP contribution in [0.1, 0.15) is 0 Å². The Bertz CT molecular complexity index is 3460. The van der Waals surface area contributed by atoms with Gasteiger partial charge >= 0.3 is 0 Å². The Morgan fingerprint density at radius 1 is 0.434 bits per heavy atom. The molecule has 0 radical (unpaired) electrons. The van der Waals surface area contributed by atoms with Crippen molar-refractivity contribution in [2.45, 2.75) is 0 Å². The lowest BCUT2D eigenvalue weighted by atomic mass is 9.98. The average Bonchev–Trinajstić information content (AvgIpc) is 3.89. The van der Waals surface area contributed by atoms with Crippen LogP contribution in [-0.2, 0) is 0 Å². The molecular formula is C48H27N3S2. The van der Waals surface area contributed by atoms with E-state index in [0.29, 0.717) is 0 Å². The maximum Gasteiger partial charge on any atom is 0.162 e. The van der Waals surface area contributed by atoms with E-state index in [1.165, 1.54) is 73.9 Å². The molecule has 0 aliphatic heterocycles. The van der Waals surface area contributed by atoms with Gasteiger partial charge in [0.1, 0.15) is 4.83 Å². The van der Waals surface area contributed by atoms with Crippen molar-refractivity contribution in [2.24, 2.45) is 0 Å². The molecular weight excluding hydrogens is 683 g/mol. The smallest absolute Gasteiger partial charge is 0.162 e. The molecule has 5 heteroatoms. The average molecular weight is 710 g/mol. The zero-order valence-electron chi connectivity index (χ0n) is 28.2. The Balaban J connectivity index is 1.16. The Morgan fingerprint density at radius 2 is 1.13 bits per heavy atom. The van der Waals surface area contributed by atoms with Crippen LogP contribution in [0, 0.1) is 0 Å². The highest BCUT2D eigenvalue weighted by molar-refractivity contribution is 7.26. The monoisotopic (exact) mass is 709 g/mol. The van der Waals surface area contributed by atoms with Gasteiger partial charge in [0, 0.05) is 52.8 Å². The number of rotatable bonds is 3. The van der Waals surface area contributed by atoms with Crippen LogP contribution < -0.4 is 0 Å². The van der Waals surface area contributed by atoms with Gasteiger partial charge in [-0.2, -0.15) is 0 Å². The van der Waals surface area contributed by atoms with Gasteiger partial charge in [0.25, 0.3) is 0 Å². The molecule has 0 atom stereocenters. The van der Waals surface area contributed by atoms with Crippen molar-refractivity contribution in [2.75, 3.05) is 0 Å². The SMILES string of the molecule is c1ccc(-c2nc(-c3cc4sc5c(-n6c7ccccc7c7cc8ccccc8cc76)cccc5c4c4ccccc34)nc3sc4ccccc4c23)cc1. The van der Waals surface area contributed by atoms with Crippen LogP contribution in [0.4, 0.5) is 0 Å². The summed E-state index contributed by atoms with van der Waals surface area (Å²) in [5.74, 6) is 0.757. The van der Waals surface area contributed by atoms with E-state index in [4.69, 9.17) is 9.97 Å². The number of para-hydroxylation sites is 1. The summed E-state index contributed by atoms with van der Waals surface area (Å²) in [5, 5.41) is 12.3. The molecule has 0 saturated carbocycles. The molecule has 0 unspecified atom stereocenters. The van der Waals surface area contributed by atoms with Gasteiger partial charge in [-0.3, -0.25) is 0 Å². The second kappa shape index (κ2) is 11.1. The van der Waals surface area contributed by atoms with E-state index in [0.717, 1.165) is 38.2 Å². The predicted octanol–water partition coefficient (Wildman–Crippen LogP) is 13.9. The van der Waals surface area contributed by atoms with Gasteiger partial charge in [-0.05, 0) is 57.9 Å². The molecule has 12 rings (SSSR count). The summed E-state index contributed by atoms with van der Waals surface area (Å²) in [6.45, 7) is 0. The van der Waals surface area contributed by atoms with E-state index in [9.17, 15) is 0 Å². The lowest BCUT2D eigenvalue weighted by Crippen LogP contribution is -1.94. The van der Waals surface area contributed by atoms with E-state index >= 15 is 0 Å². The molecule has 246 valence electrons. The molecule has 8 aromatic carbocycles. The van der Waals surface area contributed by atoms with Crippen molar-refractivity contribution in [1.82, 2.24) is 14.5 Å². The third-order valence-corrected chi connectivity index (χ3v) is 13.0. The molecule has 0 aliphatic rings. The van der Waals surface area contributed by atoms with Gasteiger partial charge in [-0.1, -0.05) is 127 Å². The second-order valence-corrected chi connectivity index (χ2v) is 15.8. The van der Waals surface area contributed by atoms with Crippen LogP contribution in [0.25, 0.3) is 112 Å². The fraction of sp³-hybridized carbons (Fsp3) is 0. The summed E-state index contributed by atoms with van der Waals surface area (Å²) in [4.78, 5) is 11.8. The molecule has 0 spiro atoms. The van der Waals surface area contributed by atoms with E-state index in [1.807, 2.05) is 11.3 Å². The summed E-state index contributed by atoms with van der Waals surface area (Å²) in [5.41, 5.74) is 6.77. The summed E-state index contributed by atoms with van der Waals surface area (Å²) < 4.78 is 6.20. The lowest BCUT2D eigenvalue weighted by Gasteiger charge is -2.11. The van der Waals surface area contributed by atoms with Crippen molar-refractivity contribution in [3.8, 4) is 28.3 Å². The van der Waals surface area contributed by atoms with E-state index < -0.39 is 0 Å². The van der Waals surface area contributed by atoms with Crippen molar-refractivity contribution in [3.63, 3.8) is 0 Å². The summed E-state index contributed by atoms with van der Waals surface area (Å²) in [6, 6.07) is 59.3. The van der Waals surface area contributed by atoms with Crippen molar-refractivity contribution in [1.29, 1.82) is 0 Å². The summed E-state index contributed by atoms with van der Waals surface area (Å²) in [7, 11) is 0. The van der Waals surface area contributed by atoms with Gasteiger partial charge in [0.05, 0.1) is 27.1 Å². The molecule has 12 aromatic rings. The number of fused-ring (bicyclic) bond motifs is 12. The first-order valence-corrected chi connectivity index (χ1v) is 19.5. The number of hydrogen-bond donors (Lipinski definition) is 0. The van der Waals surface area contributed by atoms with Gasteiger partial charge in [0.15, 0.2) is 5.82 Å². The molecule has 0 amide bonds. The van der Waals surface area contributed by atoms with Crippen molar-refractivity contribution < 1.29 is 0 Å². The van der Waals surface area contributed by atoms with Gasteiger partial charge < -0.3 is 4.57 Å². The Labute approximate surface area is 311 Å². The molecule has 4 heterocycles. The lowest BCUT2D eigenvalue weighted by molar-refractivity contribution is 1.20. The molecule has 4 aromatic heterocycles. The largest absolute Gasteiger partial charge is 0.308 e. The fourth-order valence-electron chi connectivity index (χ4n) is 8.47. The van der Waals surface area contributed by atoms with Crippen LogP contribution >= 0.6 is 22.7 Å². The standard InChI is InChI=1S/C48H27N3S2/c1-2-13-28(14-3-1)45-44-34-20-9-11-24-41(34)53-48(44)50-47(49-45)37-27-42-43(33-19-7-6-17-31(33)37)35-21-12-23-39(46(35)52-42)51-38-22-10-8-18-32(38)36-25-29-15-4-5-16-30(29)26-40(36)51/h1-27H. The van der Waals surface area contributed by atoms with Crippen LogP contribution in [-0.4, -0.2) is 14.5 Å². The highest BCUT2D eigenvalue weighted by Gasteiger charge is 2.22. The molecule has 53 heavy (non-hydrogen) atoms. The third-order valence-electron chi connectivity index (χ3n) is 10.8. The van der Waals surface area contributed by atoms with Crippen LogP contribution in [0.3, 0.4) is 0 Å². The minimum Gasteiger partial charge on any atom is -0.308 e. The van der Waals surface area contributed by atoms with Crippen molar-refractivity contribution in [3.05, 3.63) is 164 Å². The minimum atomic E-state index is 0.757. The Morgan fingerprint density at radius 3 is 2.00 bits per heavy atom. The highest BCUT2D eigenvalue weighted by atomic mass is 32.1. The summed E-state index contributed by atoms with van der Waals surface area (Å²) >= 11 is 3.61. The first kappa shape index (κ1) is 29.2. The molecule has 0 fully saturated rings. The van der Waals surface area contributed by atoms with Crippen LogP contribution in [0.5, 0.6) is 0 Å². The molecule has 0 bridgehead atoms. The number of thiophene rings is 2. The highest BCUT2D eigenvalue weighted by Crippen LogP contribution is 2.47. The quantitative estimate of drug-likeness (QED) is 0.183. The predicted molar refractivity (Wildman–Crippen MR) is 228 cm³/mol. The maximum absolute atomic E-state index is 5.42. The van der Waals surface area contributed by atoms with Gasteiger partial charge in [-0.25, -0.2) is 9.97 Å².